The summed E-state index contributed by atoms with van der Waals surface area (Å²) in [6.07, 6.45) is 0.906. The number of fused-ring (bicyclic) bond motifs is 1. The number of ether oxygens (including phenoxy) is 1. The van der Waals surface area contributed by atoms with E-state index < -0.39 is 0 Å². The molecule has 0 fully saturated rings. The van der Waals surface area contributed by atoms with Crippen molar-refractivity contribution in [1.82, 2.24) is 0 Å². The monoisotopic (exact) mass is 349 g/mol. The highest BCUT2D eigenvalue weighted by molar-refractivity contribution is 9.10. The molecular weight excluding hydrogens is 333 g/mol. The molecule has 2 nitrogen and oxygen atoms in total. The van der Waals surface area contributed by atoms with Crippen molar-refractivity contribution in [2.24, 2.45) is 0 Å². The van der Waals surface area contributed by atoms with Crippen molar-refractivity contribution in [3.8, 4) is 5.75 Å². The topological polar surface area (TPSA) is 21.3 Å². The van der Waals surface area contributed by atoms with Crippen LogP contribution < -0.4 is 10.1 Å². The first-order valence-electron chi connectivity index (χ1n) is 6.93. The SMILES string of the molecule is CC1(C)Cc2cc(CNc3ccc(Br)cc3F)ccc2O1. The summed E-state index contributed by atoms with van der Waals surface area (Å²) in [6, 6.07) is 11.2. The molecule has 0 bridgehead atoms. The summed E-state index contributed by atoms with van der Waals surface area (Å²) in [5.41, 5.74) is 2.72. The second kappa shape index (κ2) is 5.34. The zero-order valence-electron chi connectivity index (χ0n) is 12.0. The number of hydrogen-bond acceptors (Lipinski definition) is 2. The van der Waals surface area contributed by atoms with Crippen molar-refractivity contribution in [2.45, 2.75) is 32.4 Å². The lowest BCUT2D eigenvalue weighted by Gasteiger charge is -2.16. The quantitative estimate of drug-likeness (QED) is 0.849. The van der Waals surface area contributed by atoms with Gasteiger partial charge in [0.2, 0.25) is 0 Å². The summed E-state index contributed by atoms with van der Waals surface area (Å²) in [5, 5.41) is 3.13. The third-order valence-electron chi connectivity index (χ3n) is 3.54. The molecule has 1 aliphatic heterocycles. The normalized spacial score (nSPS) is 15.4. The Hall–Kier alpha value is -1.55. The number of anilines is 1. The van der Waals surface area contributed by atoms with Gasteiger partial charge < -0.3 is 10.1 Å². The van der Waals surface area contributed by atoms with E-state index in [1.54, 1.807) is 6.07 Å². The maximum atomic E-state index is 13.8. The number of nitrogens with one attached hydrogen (secondary N) is 1. The van der Waals surface area contributed by atoms with Crippen molar-refractivity contribution in [3.63, 3.8) is 0 Å². The highest BCUT2D eigenvalue weighted by Gasteiger charge is 2.29. The van der Waals surface area contributed by atoms with Crippen LogP contribution in [0.5, 0.6) is 5.75 Å². The molecule has 0 atom stereocenters. The molecule has 0 radical (unpaired) electrons. The number of benzene rings is 2. The van der Waals surface area contributed by atoms with E-state index in [9.17, 15) is 4.39 Å². The Morgan fingerprint density at radius 3 is 2.81 bits per heavy atom. The van der Waals surface area contributed by atoms with E-state index in [4.69, 9.17) is 4.74 Å². The van der Waals surface area contributed by atoms with Crippen LogP contribution >= 0.6 is 15.9 Å². The van der Waals surface area contributed by atoms with Crippen molar-refractivity contribution in [3.05, 3.63) is 57.8 Å². The molecule has 0 saturated heterocycles. The van der Waals surface area contributed by atoms with Gasteiger partial charge in [0.05, 0.1) is 5.69 Å². The van der Waals surface area contributed by atoms with Crippen LogP contribution in [0.25, 0.3) is 0 Å². The third kappa shape index (κ3) is 3.21. The summed E-state index contributed by atoms with van der Waals surface area (Å²) in [4.78, 5) is 0. The smallest absolute Gasteiger partial charge is 0.147 e. The first-order chi connectivity index (χ1) is 9.93. The van der Waals surface area contributed by atoms with Gasteiger partial charge in [0.1, 0.15) is 17.2 Å². The number of rotatable bonds is 3. The first-order valence-corrected chi connectivity index (χ1v) is 7.72. The van der Waals surface area contributed by atoms with Gasteiger partial charge in [0.15, 0.2) is 0 Å². The van der Waals surface area contributed by atoms with Gasteiger partial charge >= 0.3 is 0 Å². The average molecular weight is 350 g/mol. The van der Waals surface area contributed by atoms with Crippen LogP contribution in [-0.4, -0.2) is 5.60 Å². The Labute approximate surface area is 132 Å². The van der Waals surface area contributed by atoms with Crippen LogP contribution in [0, 0.1) is 5.82 Å². The van der Waals surface area contributed by atoms with Crippen LogP contribution in [0.4, 0.5) is 10.1 Å². The Bertz CT molecular complexity index is 684. The minimum absolute atomic E-state index is 0.133. The zero-order chi connectivity index (χ0) is 15.0. The van der Waals surface area contributed by atoms with E-state index in [0.29, 0.717) is 12.2 Å². The Kier molecular flexibility index (Phi) is 3.66. The number of hydrogen-bond donors (Lipinski definition) is 1. The molecule has 0 aliphatic carbocycles. The fourth-order valence-corrected chi connectivity index (χ4v) is 2.94. The van der Waals surface area contributed by atoms with Gasteiger partial charge in [-0.2, -0.15) is 0 Å². The van der Waals surface area contributed by atoms with Gasteiger partial charge in [-0.25, -0.2) is 4.39 Å². The van der Waals surface area contributed by atoms with E-state index in [-0.39, 0.29) is 11.4 Å². The molecule has 2 aromatic rings. The molecule has 1 aliphatic rings. The minimum Gasteiger partial charge on any atom is -0.487 e. The molecule has 4 heteroatoms. The van der Waals surface area contributed by atoms with E-state index >= 15 is 0 Å². The molecular formula is C17H17BrFNO. The molecule has 21 heavy (non-hydrogen) atoms. The van der Waals surface area contributed by atoms with Gasteiger partial charge in [0, 0.05) is 17.4 Å². The highest BCUT2D eigenvalue weighted by atomic mass is 79.9. The van der Waals surface area contributed by atoms with Crippen LogP contribution in [0.3, 0.4) is 0 Å². The molecule has 1 heterocycles. The molecule has 0 unspecified atom stereocenters. The van der Waals surface area contributed by atoms with Gasteiger partial charge in [-0.15, -0.1) is 0 Å². The van der Waals surface area contributed by atoms with Crippen LogP contribution in [-0.2, 0) is 13.0 Å². The predicted molar refractivity (Wildman–Crippen MR) is 86.3 cm³/mol. The van der Waals surface area contributed by atoms with Crippen LogP contribution in [0.15, 0.2) is 40.9 Å². The Morgan fingerprint density at radius 2 is 2.05 bits per heavy atom. The lowest BCUT2D eigenvalue weighted by atomic mass is 10.0. The van der Waals surface area contributed by atoms with E-state index in [1.165, 1.54) is 11.6 Å². The van der Waals surface area contributed by atoms with E-state index in [1.807, 2.05) is 18.2 Å². The molecule has 0 saturated carbocycles. The van der Waals surface area contributed by atoms with Gasteiger partial charge in [-0.1, -0.05) is 28.1 Å². The number of halogens is 2. The zero-order valence-corrected chi connectivity index (χ0v) is 13.6. The van der Waals surface area contributed by atoms with Crippen LogP contribution in [0.1, 0.15) is 25.0 Å². The van der Waals surface area contributed by atoms with Crippen molar-refractivity contribution in [1.29, 1.82) is 0 Å². The van der Waals surface area contributed by atoms with Crippen LogP contribution in [0.2, 0.25) is 0 Å². The molecule has 0 spiro atoms. The van der Waals surface area contributed by atoms with Crippen molar-refractivity contribution < 1.29 is 9.13 Å². The lowest BCUT2D eigenvalue weighted by molar-refractivity contribution is 0.138. The maximum absolute atomic E-state index is 13.8. The fourth-order valence-electron chi connectivity index (χ4n) is 2.60. The largest absolute Gasteiger partial charge is 0.487 e. The predicted octanol–water partition coefficient (Wildman–Crippen LogP) is 4.91. The summed E-state index contributed by atoms with van der Waals surface area (Å²) >= 11 is 3.26. The van der Waals surface area contributed by atoms with Gasteiger partial charge in [-0.05, 0) is 49.2 Å². The van der Waals surface area contributed by atoms with Crippen molar-refractivity contribution >= 4 is 21.6 Å². The van der Waals surface area contributed by atoms with Gasteiger partial charge in [-0.3, -0.25) is 0 Å². The highest BCUT2D eigenvalue weighted by Crippen LogP contribution is 2.35. The second-order valence-electron chi connectivity index (χ2n) is 5.96. The second-order valence-corrected chi connectivity index (χ2v) is 6.87. The molecule has 1 N–H and O–H groups in total. The van der Waals surface area contributed by atoms with Crippen molar-refractivity contribution in [2.75, 3.05) is 5.32 Å². The van der Waals surface area contributed by atoms with Gasteiger partial charge in [0.25, 0.3) is 0 Å². The molecule has 3 rings (SSSR count). The molecule has 2 aromatic carbocycles. The molecule has 0 aromatic heterocycles. The standard InChI is InChI=1S/C17H17BrFNO/c1-17(2)9-12-7-11(3-6-16(12)21-17)10-20-15-5-4-13(18)8-14(15)19/h3-8,20H,9-10H2,1-2H3. The lowest BCUT2D eigenvalue weighted by Crippen LogP contribution is -2.24. The van der Waals surface area contributed by atoms with E-state index in [2.05, 4.69) is 41.2 Å². The maximum Gasteiger partial charge on any atom is 0.147 e. The summed E-state index contributed by atoms with van der Waals surface area (Å²) in [7, 11) is 0. The molecule has 110 valence electrons. The average Bonchev–Trinajstić information content (AvgIpc) is 2.70. The third-order valence-corrected chi connectivity index (χ3v) is 4.03. The summed E-state index contributed by atoms with van der Waals surface area (Å²) < 4.78 is 20.4. The summed E-state index contributed by atoms with van der Waals surface area (Å²) in [6.45, 7) is 4.76. The first kappa shape index (κ1) is 14.4. The Balaban J connectivity index is 1.72. The van der Waals surface area contributed by atoms with E-state index in [0.717, 1.165) is 22.2 Å². The fraction of sp³-hybridized carbons (Fsp3) is 0.294. The Morgan fingerprint density at radius 1 is 1.24 bits per heavy atom. The molecule has 0 amide bonds. The minimum atomic E-state index is -0.255. The summed E-state index contributed by atoms with van der Waals surface area (Å²) in [5.74, 6) is 0.702.